The Morgan fingerprint density at radius 3 is 2.70 bits per heavy atom. The molecule has 1 heterocycles. The summed E-state index contributed by atoms with van der Waals surface area (Å²) in [5, 5.41) is 16.7. The maximum absolute atomic E-state index is 12.1. The van der Waals surface area contributed by atoms with E-state index in [0.717, 1.165) is 22.6 Å². The molecule has 0 radical (unpaired) electrons. The van der Waals surface area contributed by atoms with Gasteiger partial charge in [-0.15, -0.1) is 0 Å². The van der Waals surface area contributed by atoms with E-state index < -0.39 is 6.10 Å². The van der Waals surface area contributed by atoms with E-state index in [9.17, 15) is 9.90 Å². The third-order valence-electron chi connectivity index (χ3n) is 3.54. The first-order chi connectivity index (χ1) is 10.9. The van der Waals surface area contributed by atoms with Crippen LogP contribution in [0.4, 0.5) is 4.79 Å². The summed E-state index contributed by atoms with van der Waals surface area (Å²) in [4.78, 5) is 13.5. The van der Waals surface area contributed by atoms with Crippen LogP contribution in [0.25, 0.3) is 5.69 Å². The van der Waals surface area contributed by atoms with Crippen molar-refractivity contribution in [2.24, 2.45) is 0 Å². The second-order valence-corrected chi connectivity index (χ2v) is 5.86. The van der Waals surface area contributed by atoms with Gasteiger partial charge >= 0.3 is 6.03 Å². The predicted molar refractivity (Wildman–Crippen MR) is 89.6 cm³/mol. The number of carbonyl (C=O) groups is 1. The van der Waals surface area contributed by atoms with E-state index in [-0.39, 0.29) is 6.03 Å². The number of hydrogen-bond acceptors (Lipinski definition) is 3. The van der Waals surface area contributed by atoms with E-state index in [1.54, 1.807) is 14.0 Å². The summed E-state index contributed by atoms with van der Waals surface area (Å²) in [6, 6.07) is 9.66. The molecule has 0 saturated carbocycles. The van der Waals surface area contributed by atoms with Gasteiger partial charge in [-0.05, 0) is 38.5 Å². The van der Waals surface area contributed by atoms with Gasteiger partial charge in [-0.3, -0.25) is 0 Å². The minimum atomic E-state index is -0.548. The van der Waals surface area contributed by atoms with Gasteiger partial charge in [0, 0.05) is 25.8 Å². The summed E-state index contributed by atoms with van der Waals surface area (Å²) in [7, 11) is 1.66. The highest BCUT2D eigenvalue weighted by Crippen LogP contribution is 2.16. The van der Waals surface area contributed by atoms with Crippen LogP contribution in [0.1, 0.15) is 23.9 Å². The smallest absolute Gasteiger partial charge is 0.317 e. The first kappa shape index (κ1) is 17.0. The molecular formula is C17H24N4O2. The molecule has 6 nitrogen and oxygen atoms in total. The van der Waals surface area contributed by atoms with Crippen molar-refractivity contribution in [3.05, 3.63) is 47.3 Å². The Bertz CT molecular complexity index is 679. The van der Waals surface area contributed by atoms with Crippen molar-refractivity contribution in [3.63, 3.8) is 0 Å². The van der Waals surface area contributed by atoms with E-state index in [1.165, 1.54) is 4.90 Å². The molecule has 23 heavy (non-hydrogen) atoms. The van der Waals surface area contributed by atoms with E-state index >= 15 is 0 Å². The van der Waals surface area contributed by atoms with E-state index in [1.807, 2.05) is 48.9 Å². The molecule has 1 aromatic heterocycles. The molecule has 0 aliphatic heterocycles. The number of para-hydroxylation sites is 1. The molecule has 1 aromatic carbocycles. The van der Waals surface area contributed by atoms with Gasteiger partial charge in [-0.1, -0.05) is 18.2 Å². The number of aromatic nitrogens is 2. The predicted octanol–water partition coefficient (Wildman–Crippen LogP) is 2.01. The topological polar surface area (TPSA) is 70.4 Å². The van der Waals surface area contributed by atoms with Gasteiger partial charge in [0.25, 0.3) is 0 Å². The molecule has 2 aromatic rings. The van der Waals surface area contributed by atoms with Crippen molar-refractivity contribution in [1.82, 2.24) is 20.0 Å². The minimum Gasteiger partial charge on any atom is -0.392 e. The number of hydrogen-bond donors (Lipinski definition) is 2. The summed E-state index contributed by atoms with van der Waals surface area (Å²) in [5.74, 6) is 0. The number of aryl methyl sites for hydroxylation is 2. The summed E-state index contributed by atoms with van der Waals surface area (Å²) in [5.41, 5.74) is 3.94. The van der Waals surface area contributed by atoms with Crippen LogP contribution in [0, 0.1) is 13.8 Å². The molecule has 0 bridgehead atoms. The fourth-order valence-electron chi connectivity index (χ4n) is 2.52. The lowest BCUT2D eigenvalue weighted by atomic mass is 10.1. The number of carbonyl (C=O) groups excluding carboxylic acids is 1. The molecule has 2 rings (SSSR count). The first-order valence-electron chi connectivity index (χ1n) is 7.67. The molecule has 6 heteroatoms. The van der Waals surface area contributed by atoms with Crippen LogP contribution < -0.4 is 5.32 Å². The Morgan fingerprint density at radius 2 is 2.09 bits per heavy atom. The highest BCUT2D eigenvalue weighted by molar-refractivity contribution is 5.74. The largest absolute Gasteiger partial charge is 0.392 e. The lowest BCUT2D eigenvalue weighted by Gasteiger charge is -2.20. The number of benzene rings is 1. The lowest BCUT2D eigenvalue weighted by molar-refractivity contribution is 0.143. The van der Waals surface area contributed by atoms with Gasteiger partial charge in [-0.25, -0.2) is 9.48 Å². The van der Waals surface area contributed by atoms with E-state index in [0.29, 0.717) is 13.1 Å². The second-order valence-electron chi connectivity index (χ2n) is 5.86. The SMILES string of the molecule is Cc1cc(C)n(-c2ccccc2CNC(=O)N(C)CC(C)O)n1. The zero-order valence-electron chi connectivity index (χ0n) is 14.1. The molecule has 0 aliphatic rings. The van der Waals surface area contributed by atoms with Crippen LogP contribution in [0.2, 0.25) is 0 Å². The van der Waals surface area contributed by atoms with Crippen molar-refractivity contribution in [1.29, 1.82) is 0 Å². The quantitative estimate of drug-likeness (QED) is 0.886. The summed E-state index contributed by atoms with van der Waals surface area (Å²) in [6.45, 7) is 6.31. The number of aliphatic hydroxyl groups excluding tert-OH is 1. The Labute approximate surface area is 136 Å². The number of likely N-dealkylation sites (N-methyl/N-ethyl adjacent to an activating group) is 1. The van der Waals surface area contributed by atoms with Crippen LogP contribution in [-0.4, -0.2) is 45.5 Å². The van der Waals surface area contributed by atoms with Crippen molar-refractivity contribution in [2.45, 2.75) is 33.4 Å². The van der Waals surface area contributed by atoms with Crippen LogP contribution >= 0.6 is 0 Å². The summed E-state index contributed by atoms with van der Waals surface area (Å²) >= 11 is 0. The Morgan fingerprint density at radius 1 is 1.39 bits per heavy atom. The van der Waals surface area contributed by atoms with Gasteiger partial charge < -0.3 is 15.3 Å². The highest BCUT2D eigenvalue weighted by Gasteiger charge is 2.13. The molecule has 0 spiro atoms. The number of aliphatic hydroxyl groups is 1. The van der Waals surface area contributed by atoms with Crippen LogP contribution in [0.15, 0.2) is 30.3 Å². The second kappa shape index (κ2) is 7.28. The van der Waals surface area contributed by atoms with Gasteiger partial charge in [0.2, 0.25) is 0 Å². The molecule has 0 aliphatic carbocycles. The molecular weight excluding hydrogens is 292 g/mol. The fraction of sp³-hybridized carbons (Fsp3) is 0.412. The molecule has 1 atom stereocenters. The van der Waals surface area contributed by atoms with Crippen molar-refractivity contribution in [3.8, 4) is 5.69 Å². The third-order valence-corrected chi connectivity index (χ3v) is 3.54. The van der Waals surface area contributed by atoms with Gasteiger partial charge in [0.05, 0.1) is 17.5 Å². The lowest BCUT2D eigenvalue weighted by Crippen LogP contribution is -2.40. The van der Waals surface area contributed by atoms with Gasteiger partial charge in [0.15, 0.2) is 0 Å². The molecule has 124 valence electrons. The highest BCUT2D eigenvalue weighted by atomic mass is 16.3. The molecule has 0 fully saturated rings. The number of rotatable bonds is 5. The number of amides is 2. The monoisotopic (exact) mass is 316 g/mol. The van der Waals surface area contributed by atoms with Crippen molar-refractivity contribution < 1.29 is 9.90 Å². The maximum atomic E-state index is 12.1. The zero-order chi connectivity index (χ0) is 17.0. The molecule has 1 unspecified atom stereocenters. The van der Waals surface area contributed by atoms with Crippen LogP contribution in [0.3, 0.4) is 0 Å². The first-order valence-corrected chi connectivity index (χ1v) is 7.67. The minimum absolute atomic E-state index is 0.214. The Balaban J connectivity index is 2.13. The molecule has 2 amide bonds. The number of nitrogens with one attached hydrogen (secondary N) is 1. The fourth-order valence-corrected chi connectivity index (χ4v) is 2.52. The Hall–Kier alpha value is -2.34. The zero-order valence-corrected chi connectivity index (χ0v) is 14.1. The van der Waals surface area contributed by atoms with Crippen molar-refractivity contribution >= 4 is 6.03 Å². The van der Waals surface area contributed by atoms with E-state index in [2.05, 4.69) is 10.4 Å². The van der Waals surface area contributed by atoms with Crippen LogP contribution in [-0.2, 0) is 6.54 Å². The standard InChI is InChI=1S/C17H24N4O2/c1-12-9-13(2)21(19-12)16-8-6-5-7-15(16)10-18-17(23)20(4)11-14(3)22/h5-9,14,22H,10-11H2,1-4H3,(H,18,23). The summed E-state index contributed by atoms with van der Waals surface area (Å²) in [6.07, 6.45) is -0.548. The average molecular weight is 316 g/mol. The van der Waals surface area contributed by atoms with Gasteiger partial charge in [0.1, 0.15) is 0 Å². The summed E-state index contributed by atoms with van der Waals surface area (Å²) < 4.78 is 1.89. The van der Waals surface area contributed by atoms with Gasteiger partial charge in [-0.2, -0.15) is 5.10 Å². The normalized spacial score (nSPS) is 12.0. The van der Waals surface area contributed by atoms with Crippen LogP contribution in [0.5, 0.6) is 0 Å². The molecule has 2 N–H and O–H groups in total. The Kier molecular flexibility index (Phi) is 5.39. The maximum Gasteiger partial charge on any atom is 0.317 e. The molecule has 0 saturated heterocycles. The van der Waals surface area contributed by atoms with E-state index in [4.69, 9.17) is 0 Å². The third kappa shape index (κ3) is 4.32. The average Bonchev–Trinajstić information content (AvgIpc) is 2.83. The number of nitrogens with zero attached hydrogens (tertiary/aromatic N) is 3. The van der Waals surface area contributed by atoms with Crippen molar-refractivity contribution in [2.75, 3.05) is 13.6 Å². The number of urea groups is 1.